The van der Waals surface area contributed by atoms with Crippen LogP contribution in [-0.4, -0.2) is 21.8 Å². The molecule has 0 amide bonds. The number of carbonyl (C=O) groups is 1. The number of ketones is 1. The number of imidazole rings is 1. The quantitative estimate of drug-likeness (QED) is 0.645. The molecule has 2 aromatic carbocycles. The Hall–Kier alpha value is -1.88. The van der Waals surface area contributed by atoms with Gasteiger partial charge in [-0.25, -0.2) is 4.98 Å². The van der Waals surface area contributed by atoms with Gasteiger partial charge in [0.25, 0.3) is 0 Å². The van der Waals surface area contributed by atoms with Crippen LogP contribution in [0.15, 0.2) is 42.5 Å². The Bertz CT molecular complexity index is 858. The van der Waals surface area contributed by atoms with Gasteiger partial charge in [0.05, 0.1) is 17.1 Å². The van der Waals surface area contributed by atoms with Crippen molar-refractivity contribution in [1.82, 2.24) is 9.97 Å². The summed E-state index contributed by atoms with van der Waals surface area (Å²) in [6, 6.07) is 12.6. The van der Waals surface area contributed by atoms with Crippen molar-refractivity contribution in [2.45, 2.75) is 31.7 Å². The van der Waals surface area contributed by atoms with Gasteiger partial charge in [0, 0.05) is 22.9 Å². The number of Topliss-reactive ketones (excluding diaryl/α,β-unsaturated/α-hetero) is 1. The number of para-hydroxylation sites is 2. The van der Waals surface area contributed by atoms with E-state index in [-0.39, 0.29) is 5.78 Å². The molecule has 1 aromatic heterocycles. The molecule has 1 unspecified atom stereocenters. The molecule has 0 saturated carbocycles. The highest BCUT2D eigenvalue weighted by Gasteiger charge is 2.16. The lowest BCUT2D eigenvalue weighted by Gasteiger charge is -2.09. The zero-order chi connectivity index (χ0) is 17.8. The zero-order valence-corrected chi connectivity index (χ0v) is 15.1. The molecule has 3 N–H and O–H groups in total. The predicted octanol–water partition coefficient (Wildman–Crippen LogP) is 4.33. The number of fused-ring (bicyclic) bond motifs is 1. The lowest BCUT2D eigenvalue weighted by Crippen LogP contribution is -2.33. The summed E-state index contributed by atoms with van der Waals surface area (Å²) in [5.41, 5.74) is 8.87. The second kappa shape index (κ2) is 8.00. The van der Waals surface area contributed by atoms with E-state index >= 15 is 0 Å². The molecule has 4 nitrogen and oxygen atoms in total. The van der Waals surface area contributed by atoms with Crippen molar-refractivity contribution in [2.75, 3.05) is 0 Å². The number of aromatic nitrogens is 2. The summed E-state index contributed by atoms with van der Waals surface area (Å²) in [4.78, 5) is 19.9. The molecular formula is C19H19Cl2N3O. The van der Waals surface area contributed by atoms with Gasteiger partial charge in [-0.2, -0.15) is 0 Å². The molecule has 0 spiro atoms. The number of halogens is 2. The zero-order valence-electron chi connectivity index (χ0n) is 13.6. The van der Waals surface area contributed by atoms with Crippen LogP contribution in [0, 0.1) is 0 Å². The topological polar surface area (TPSA) is 71.8 Å². The van der Waals surface area contributed by atoms with Crippen LogP contribution in [0.4, 0.5) is 0 Å². The molecule has 0 aliphatic heterocycles. The van der Waals surface area contributed by atoms with Crippen LogP contribution >= 0.6 is 23.2 Å². The van der Waals surface area contributed by atoms with Crippen LogP contribution in [0.25, 0.3) is 11.0 Å². The van der Waals surface area contributed by atoms with Gasteiger partial charge in [-0.3, -0.25) is 4.79 Å². The minimum atomic E-state index is -0.554. The first kappa shape index (κ1) is 17.9. The molecule has 1 atom stereocenters. The molecule has 25 heavy (non-hydrogen) atoms. The first-order valence-corrected chi connectivity index (χ1v) is 8.94. The minimum Gasteiger partial charge on any atom is -0.342 e. The maximum atomic E-state index is 12.3. The second-order valence-corrected chi connectivity index (χ2v) is 6.91. The lowest BCUT2D eigenvalue weighted by molar-refractivity contribution is -0.120. The summed E-state index contributed by atoms with van der Waals surface area (Å²) in [6.07, 6.45) is 2.25. The summed E-state index contributed by atoms with van der Waals surface area (Å²) >= 11 is 12.0. The van der Waals surface area contributed by atoms with Crippen molar-refractivity contribution in [3.8, 4) is 0 Å². The van der Waals surface area contributed by atoms with Gasteiger partial charge in [0.1, 0.15) is 11.6 Å². The monoisotopic (exact) mass is 375 g/mol. The molecule has 0 aliphatic rings. The second-order valence-electron chi connectivity index (χ2n) is 6.07. The molecule has 0 fully saturated rings. The highest BCUT2D eigenvalue weighted by Crippen LogP contribution is 2.22. The third kappa shape index (κ3) is 4.60. The summed E-state index contributed by atoms with van der Waals surface area (Å²) in [5.74, 6) is 0.772. The smallest absolute Gasteiger partial charge is 0.149 e. The van der Waals surface area contributed by atoms with E-state index in [1.807, 2.05) is 30.3 Å². The Labute approximate surface area is 156 Å². The van der Waals surface area contributed by atoms with Crippen molar-refractivity contribution >= 4 is 40.0 Å². The fourth-order valence-electron chi connectivity index (χ4n) is 2.79. The van der Waals surface area contributed by atoms with Gasteiger partial charge in [-0.15, -0.1) is 0 Å². The largest absolute Gasteiger partial charge is 0.342 e. The van der Waals surface area contributed by atoms with Gasteiger partial charge in [-0.05, 0) is 42.7 Å². The highest BCUT2D eigenvalue weighted by atomic mass is 35.5. The Morgan fingerprint density at radius 1 is 1.20 bits per heavy atom. The van der Waals surface area contributed by atoms with E-state index in [2.05, 4.69) is 9.97 Å². The standard InChI is InChI=1S/C19H19Cl2N3O/c20-13-9-8-12(14(21)10-13)4-3-7-18(25)15(22)11-19-23-16-5-1-2-6-17(16)24-19/h1-2,5-6,8-10,15H,3-4,7,11,22H2,(H,23,24). The van der Waals surface area contributed by atoms with E-state index in [0.717, 1.165) is 28.8 Å². The maximum Gasteiger partial charge on any atom is 0.149 e. The van der Waals surface area contributed by atoms with Crippen molar-refractivity contribution in [3.63, 3.8) is 0 Å². The molecule has 6 heteroatoms. The van der Waals surface area contributed by atoms with Crippen LogP contribution in [0.3, 0.4) is 0 Å². The van der Waals surface area contributed by atoms with E-state index in [1.54, 1.807) is 12.1 Å². The number of benzene rings is 2. The van der Waals surface area contributed by atoms with Gasteiger partial charge >= 0.3 is 0 Å². The van der Waals surface area contributed by atoms with E-state index in [1.165, 1.54) is 0 Å². The molecule has 1 heterocycles. The van der Waals surface area contributed by atoms with Crippen LogP contribution in [0.1, 0.15) is 24.2 Å². The van der Waals surface area contributed by atoms with Crippen molar-refractivity contribution in [2.24, 2.45) is 5.73 Å². The van der Waals surface area contributed by atoms with Crippen molar-refractivity contribution < 1.29 is 4.79 Å². The maximum absolute atomic E-state index is 12.3. The normalized spacial score (nSPS) is 12.4. The van der Waals surface area contributed by atoms with E-state index in [9.17, 15) is 4.79 Å². The molecule has 130 valence electrons. The third-order valence-corrected chi connectivity index (χ3v) is 4.74. The highest BCUT2D eigenvalue weighted by molar-refractivity contribution is 6.35. The first-order valence-electron chi connectivity index (χ1n) is 8.19. The predicted molar refractivity (Wildman–Crippen MR) is 102 cm³/mol. The number of hydrogen-bond donors (Lipinski definition) is 2. The molecule has 3 aromatic rings. The third-order valence-electron chi connectivity index (χ3n) is 4.15. The molecule has 0 radical (unpaired) electrons. The number of hydrogen-bond acceptors (Lipinski definition) is 3. The Kier molecular flexibility index (Phi) is 5.74. The lowest BCUT2D eigenvalue weighted by atomic mass is 10.0. The Morgan fingerprint density at radius 3 is 2.76 bits per heavy atom. The number of carbonyl (C=O) groups excluding carboxylic acids is 1. The van der Waals surface area contributed by atoms with Crippen LogP contribution < -0.4 is 5.73 Å². The van der Waals surface area contributed by atoms with Gasteiger partial charge in [0.2, 0.25) is 0 Å². The number of aryl methyl sites for hydroxylation is 1. The van der Waals surface area contributed by atoms with E-state index in [4.69, 9.17) is 28.9 Å². The SMILES string of the molecule is NC(Cc1nc2ccccc2[nH]1)C(=O)CCCc1ccc(Cl)cc1Cl. The van der Waals surface area contributed by atoms with E-state index in [0.29, 0.717) is 29.3 Å². The summed E-state index contributed by atoms with van der Waals surface area (Å²) in [7, 11) is 0. The van der Waals surface area contributed by atoms with Gasteiger partial charge < -0.3 is 10.7 Å². The Morgan fingerprint density at radius 2 is 2.00 bits per heavy atom. The number of nitrogens with two attached hydrogens (primary N) is 1. The Balaban J connectivity index is 1.52. The molecule has 0 bridgehead atoms. The van der Waals surface area contributed by atoms with Gasteiger partial charge in [0.15, 0.2) is 0 Å². The summed E-state index contributed by atoms with van der Waals surface area (Å²) in [6.45, 7) is 0. The molecule has 0 aliphatic carbocycles. The minimum absolute atomic E-state index is 0.0329. The van der Waals surface area contributed by atoms with Crippen LogP contribution in [0.5, 0.6) is 0 Å². The average molecular weight is 376 g/mol. The fraction of sp³-hybridized carbons (Fsp3) is 0.263. The summed E-state index contributed by atoms with van der Waals surface area (Å²) in [5, 5.41) is 1.24. The summed E-state index contributed by atoms with van der Waals surface area (Å²) < 4.78 is 0. The number of nitrogens with one attached hydrogen (secondary N) is 1. The first-order chi connectivity index (χ1) is 12.0. The van der Waals surface area contributed by atoms with E-state index < -0.39 is 6.04 Å². The van der Waals surface area contributed by atoms with Crippen molar-refractivity contribution in [1.29, 1.82) is 0 Å². The number of rotatable bonds is 7. The molecule has 3 rings (SSSR count). The van der Waals surface area contributed by atoms with Gasteiger partial charge in [-0.1, -0.05) is 41.4 Å². The molecular weight excluding hydrogens is 357 g/mol. The average Bonchev–Trinajstić information content (AvgIpc) is 2.98. The fourth-order valence-corrected chi connectivity index (χ4v) is 3.29. The molecule has 0 saturated heterocycles. The van der Waals surface area contributed by atoms with Crippen molar-refractivity contribution in [3.05, 3.63) is 63.9 Å². The number of nitrogens with zero attached hydrogens (tertiary/aromatic N) is 1. The van der Waals surface area contributed by atoms with Crippen LogP contribution in [-0.2, 0) is 17.6 Å². The number of aromatic amines is 1. The van der Waals surface area contributed by atoms with Crippen LogP contribution in [0.2, 0.25) is 10.0 Å². The number of H-pyrrole nitrogens is 1.